The minimum absolute atomic E-state index is 0.0908. The molecule has 1 saturated heterocycles. The highest BCUT2D eigenvalue weighted by atomic mass is 32.2. The molecule has 35 heavy (non-hydrogen) atoms. The quantitative estimate of drug-likeness (QED) is 0.430. The van der Waals surface area contributed by atoms with E-state index in [1.54, 1.807) is 18.2 Å². The first-order chi connectivity index (χ1) is 16.6. The lowest BCUT2D eigenvalue weighted by Gasteiger charge is -2.30. The molecule has 1 fully saturated rings. The number of aryl methyl sites for hydroxylation is 2. The Hall–Kier alpha value is -2.68. The zero-order valence-electron chi connectivity index (χ0n) is 19.8. The smallest absolute Gasteiger partial charge is 0.309 e. The molecule has 3 aromatic carbocycles. The molecule has 1 aliphatic heterocycles. The summed E-state index contributed by atoms with van der Waals surface area (Å²) in [5.74, 6) is -2.72. The number of benzene rings is 3. The molecule has 0 unspecified atom stereocenters. The molecule has 0 amide bonds. The van der Waals surface area contributed by atoms with Crippen molar-refractivity contribution in [2.75, 3.05) is 0 Å². The molecule has 3 aromatic rings. The van der Waals surface area contributed by atoms with Crippen molar-refractivity contribution in [2.45, 2.75) is 54.3 Å². The van der Waals surface area contributed by atoms with Crippen LogP contribution < -0.4 is 0 Å². The third-order valence-electron chi connectivity index (χ3n) is 6.46. The van der Waals surface area contributed by atoms with Gasteiger partial charge in [0.1, 0.15) is 5.82 Å². The van der Waals surface area contributed by atoms with Gasteiger partial charge in [0.15, 0.2) is 0 Å². The third kappa shape index (κ3) is 5.01. The standard InChI is InChI=1S/C27H28FNO4S2/c1-4-23-26(34-21-12-8-17(2)9-13-21)24(27(30)31)25(19-6-5-7-20(28)16-19)29(23)35(32,33)22-14-10-18(3)11-15-22/h5-16,23-26H,4H2,1-3H3,(H,30,31)/t23-,24+,25+,26-/m1/s1. The van der Waals surface area contributed by atoms with Crippen LogP contribution in [-0.2, 0) is 14.8 Å². The van der Waals surface area contributed by atoms with Crippen LogP contribution >= 0.6 is 11.8 Å². The SMILES string of the molecule is CC[C@@H]1[C@@H](Sc2ccc(C)cc2)[C@@H](C(=O)O)[C@H](c2cccc(F)c2)N1S(=O)(=O)c1ccc(C)cc1. The van der Waals surface area contributed by atoms with Gasteiger partial charge in [0.2, 0.25) is 10.0 Å². The Morgan fingerprint density at radius 1 is 1.00 bits per heavy atom. The summed E-state index contributed by atoms with van der Waals surface area (Å²) in [5, 5.41) is 9.81. The second-order valence-corrected chi connectivity index (χ2v) is 12.0. The fourth-order valence-electron chi connectivity index (χ4n) is 4.75. The summed E-state index contributed by atoms with van der Waals surface area (Å²) >= 11 is 1.37. The molecule has 1 heterocycles. The van der Waals surface area contributed by atoms with E-state index in [0.29, 0.717) is 12.0 Å². The van der Waals surface area contributed by atoms with E-state index in [1.165, 1.54) is 46.4 Å². The average Bonchev–Trinajstić information content (AvgIpc) is 3.16. The molecule has 184 valence electrons. The van der Waals surface area contributed by atoms with Gasteiger partial charge < -0.3 is 5.11 Å². The van der Waals surface area contributed by atoms with Crippen molar-refractivity contribution in [3.05, 3.63) is 95.3 Å². The van der Waals surface area contributed by atoms with Gasteiger partial charge in [0.05, 0.1) is 16.9 Å². The monoisotopic (exact) mass is 513 g/mol. The molecule has 0 radical (unpaired) electrons. The van der Waals surface area contributed by atoms with Crippen LogP contribution in [0.1, 0.15) is 36.1 Å². The lowest BCUT2D eigenvalue weighted by molar-refractivity contribution is -0.142. The summed E-state index contributed by atoms with van der Waals surface area (Å²) in [6.07, 6.45) is 0.407. The van der Waals surface area contributed by atoms with E-state index < -0.39 is 45.1 Å². The summed E-state index contributed by atoms with van der Waals surface area (Å²) in [7, 11) is -4.09. The summed E-state index contributed by atoms with van der Waals surface area (Å²) in [5.41, 5.74) is 2.32. The number of halogens is 1. The summed E-state index contributed by atoms with van der Waals surface area (Å²) in [6, 6.07) is 18.2. The average molecular weight is 514 g/mol. The van der Waals surface area contributed by atoms with E-state index in [4.69, 9.17) is 0 Å². The molecule has 5 nitrogen and oxygen atoms in total. The van der Waals surface area contributed by atoms with Crippen LogP contribution in [0.15, 0.2) is 82.6 Å². The lowest BCUT2D eigenvalue weighted by Crippen LogP contribution is -2.39. The molecule has 4 rings (SSSR count). The number of nitrogens with zero attached hydrogens (tertiary/aromatic N) is 1. The number of carbonyl (C=O) groups is 1. The van der Waals surface area contributed by atoms with Gasteiger partial charge in [-0.25, -0.2) is 12.8 Å². The molecule has 4 atom stereocenters. The van der Waals surface area contributed by atoms with Crippen LogP contribution in [0.4, 0.5) is 4.39 Å². The topological polar surface area (TPSA) is 74.7 Å². The van der Waals surface area contributed by atoms with Crippen molar-refractivity contribution >= 4 is 27.8 Å². The first-order valence-electron chi connectivity index (χ1n) is 11.4. The Kier molecular flexibility index (Phi) is 7.35. The molecule has 0 saturated carbocycles. The number of carboxylic acids is 1. The number of hydrogen-bond acceptors (Lipinski definition) is 4. The van der Waals surface area contributed by atoms with E-state index >= 15 is 0 Å². The molecule has 1 N–H and O–H groups in total. The van der Waals surface area contributed by atoms with Gasteiger partial charge in [-0.15, -0.1) is 11.8 Å². The van der Waals surface area contributed by atoms with Crippen molar-refractivity contribution < 1.29 is 22.7 Å². The largest absolute Gasteiger partial charge is 0.481 e. The van der Waals surface area contributed by atoms with E-state index in [9.17, 15) is 22.7 Å². The maximum Gasteiger partial charge on any atom is 0.309 e. The zero-order chi connectivity index (χ0) is 25.3. The van der Waals surface area contributed by atoms with E-state index in [-0.39, 0.29) is 4.90 Å². The fourth-order valence-corrected chi connectivity index (χ4v) is 8.24. The van der Waals surface area contributed by atoms with Gasteiger partial charge in [-0.05, 0) is 62.2 Å². The molecule has 0 bridgehead atoms. The number of sulfonamides is 1. The Labute approximate surface area is 210 Å². The zero-order valence-corrected chi connectivity index (χ0v) is 21.4. The summed E-state index contributed by atoms with van der Waals surface area (Å²) in [6.45, 7) is 5.69. The van der Waals surface area contributed by atoms with Crippen molar-refractivity contribution in [3.8, 4) is 0 Å². The maximum atomic E-state index is 14.3. The fraction of sp³-hybridized carbons (Fsp3) is 0.296. The minimum Gasteiger partial charge on any atom is -0.481 e. The number of rotatable bonds is 7. The van der Waals surface area contributed by atoms with Gasteiger partial charge >= 0.3 is 5.97 Å². The summed E-state index contributed by atoms with van der Waals surface area (Å²) in [4.78, 5) is 13.7. The predicted molar refractivity (Wildman–Crippen MR) is 135 cm³/mol. The van der Waals surface area contributed by atoms with Gasteiger partial charge in [0, 0.05) is 16.2 Å². The second kappa shape index (κ2) is 10.1. The lowest BCUT2D eigenvalue weighted by atomic mass is 9.93. The Morgan fingerprint density at radius 2 is 1.60 bits per heavy atom. The first kappa shape index (κ1) is 25.4. The number of thioether (sulfide) groups is 1. The third-order valence-corrected chi connectivity index (χ3v) is 9.80. The molecule has 1 aliphatic rings. The highest BCUT2D eigenvalue weighted by Gasteiger charge is 2.57. The normalized spacial score (nSPS) is 22.9. The highest BCUT2D eigenvalue weighted by molar-refractivity contribution is 8.00. The van der Waals surface area contributed by atoms with Crippen molar-refractivity contribution in [1.82, 2.24) is 4.31 Å². The van der Waals surface area contributed by atoms with Gasteiger partial charge in [-0.2, -0.15) is 4.31 Å². The van der Waals surface area contributed by atoms with E-state index in [0.717, 1.165) is 16.0 Å². The van der Waals surface area contributed by atoms with Gasteiger partial charge in [0.25, 0.3) is 0 Å². The van der Waals surface area contributed by atoms with Crippen molar-refractivity contribution in [3.63, 3.8) is 0 Å². The van der Waals surface area contributed by atoms with Crippen LogP contribution in [0.2, 0.25) is 0 Å². The number of aliphatic carboxylic acids is 1. The van der Waals surface area contributed by atoms with Crippen LogP contribution in [0, 0.1) is 25.6 Å². The molecular weight excluding hydrogens is 485 g/mol. The maximum absolute atomic E-state index is 14.3. The Balaban J connectivity index is 1.90. The minimum atomic E-state index is -4.09. The van der Waals surface area contributed by atoms with E-state index in [2.05, 4.69) is 0 Å². The van der Waals surface area contributed by atoms with Crippen LogP contribution in [0.25, 0.3) is 0 Å². The van der Waals surface area contributed by atoms with E-state index in [1.807, 2.05) is 45.0 Å². The second-order valence-electron chi connectivity index (χ2n) is 8.88. The predicted octanol–water partition coefficient (Wildman–Crippen LogP) is 5.83. The Bertz CT molecular complexity index is 1310. The molecule has 8 heteroatoms. The highest BCUT2D eigenvalue weighted by Crippen LogP contribution is 2.51. The van der Waals surface area contributed by atoms with Gasteiger partial charge in [-0.1, -0.05) is 54.4 Å². The molecule has 0 aliphatic carbocycles. The van der Waals surface area contributed by atoms with Crippen LogP contribution in [0.5, 0.6) is 0 Å². The molecule has 0 spiro atoms. The van der Waals surface area contributed by atoms with Crippen molar-refractivity contribution in [1.29, 1.82) is 0 Å². The van der Waals surface area contributed by atoms with Crippen LogP contribution in [-0.4, -0.2) is 35.1 Å². The first-order valence-corrected chi connectivity index (χ1v) is 13.8. The molecular formula is C27H28FNO4S2. The van der Waals surface area contributed by atoms with Crippen LogP contribution in [0.3, 0.4) is 0 Å². The number of hydrogen-bond donors (Lipinski definition) is 1. The molecule has 0 aromatic heterocycles. The summed E-state index contributed by atoms with van der Waals surface area (Å²) < 4.78 is 43.6. The number of carboxylic acid groups (broad SMARTS) is 1. The van der Waals surface area contributed by atoms with Gasteiger partial charge in [-0.3, -0.25) is 4.79 Å². The van der Waals surface area contributed by atoms with Crippen molar-refractivity contribution in [2.24, 2.45) is 5.92 Å². The Morgan fingerprint density at radius 3 is 2.14 bits per heavy atom.